The molecule has 1 heterocycles. The van der Waals surface area contributed by atoms with Gasteiger partial charge >= 0.3 is 6.03 Å². The van der Waals surface area contributed by atoms with Crippen LogP contribution < -0.4 is 10.6 Å². The number of anilines is 2. The van der Waals surface area contributed by atoms with Crippen molar-refractivity contribution >= 4 is 28.2 Å². The van der Waals surface area contributed by atoms with E-state index in [1.807, 2.05) is 42.6 Å². The Labute approximate surface area is 169 Å². The molecule has 0 bridgehead atoms. The molecule has 0 atom stereocenters. The van der Waals surface area contributed by atoms with Crippen molar-refractivity contribution in [3.05, 3.63) is 90.3 Å². The van der Waals surface area contributed by atoms with Crippen molar-refractivity contribution in [2.45, 2.75) is 19.3 Å². The predicted molar refractivity (Wildman–Crippen MR) is 118 cm³/mol. The number of aryl methyl sites for hydroxylation is 2. The summed E-state index contributed by atoms with van der Waals surface area (Å²) in [5.74, 6) is 0. The fourth-order valence-corrected chi connectivity index (χ4v) is 4.08. The van der Waals surface area contributed by atoms with Crippen molar-refractivity contribution < 1.29 is 4.79 Å². The van der Waals surface area contributed by atoms with Gasteiger partial charge in [-0.3, -0.25) is 4.98 Å². The van der Waals surface area contributed by atoms with E-state index >= 15 is 0 Å². The van der Waals surface area contributed by atoms with Crippen LogP contribution in [0.4, 0.5) is 16.2 Å². The molecule has 2 N–H and O–H groups in total. The number of nitrogens with one attached hydrogen (secondary N) is 2. The molecule has 0 unspecified atom stereocenters. The second-order valence-corrected chi connectivity index (χ2v) is 7.40. The molecule has 1 aliphatic carbocycles. The third-order valence-electron chi connectivity index (χ3n) is 5.47. The lowest BCUT2D eigenvalue weighted by molar-refractivity contribution is 0.262. The fraction of sp³-hybridized carbons (Fsp3) is 0.120. The van der Waals surface area contributed by atoms with E-state index < -0.39 is 0 Å². The molecule has 4 nitrogen and oxygen atoms in total. The first-order valence-corrected chi connectivity index (χ1v) is 9.89. The minimum absolute atomic E-state index is 0.234. The topological polar surface area (TPSA) is 54.0 Å². The van der Waals surface area contributed by atoms with E-state index in [0.717, 1.165) is 46.1 Å². The molecule has 0 spiro atoms. The standard InChI is InChI=1S/C25H21N3O/c29-25(28-22-11-10-17-4-1-5-18(17)14-22)27-21-8-2-6-19(15-21)23-9-3-7-20-16-26-13-12-24(20)23/h2-3,6-16H,1,4-5H2,(H2,27,28,29). The maximum absolute atomic E-state index is 12.5. The number of urea groups is 1. The van der Waals surface area contributed by atoms with Crippen LogP contribution in [0.5, 0.6) is 0 Å². The first kappa shape index (κ1) is 17.4. The quantitative estimate of drug-likeness (QED) is 0.456. The number of amides is 2. The predicted octanol–water partition coefficient (Wildman–Crippen LogP) is 6.03. The van der Waals surface area contributed by atoms with Crippen molar-refractivity contribution in [1.82, 2.24) is 4.98 Å². The van der Waals surface area contributed by atoms with Crippen LogP contribution in [-0.4, -0.2) is 11.0 Å². The second-order valence-electron chi connectivity index (χ2n) is 7.40. The molecule has 4 aromatic rings. The van der Waals surface area contributed by atoms with Gasteiger partial charge in [0.1, 0.15) is 0 Å². The Hall–Kier alpha value is -3.66. The van der Waals surface area contributed by atoms with Gasteiger partial charge in [0, 0.05) is 29.2 Å². The average molecular weight is 379 g/mol. The van der Waals surface area contributed by atoms with Crippen LogP contribution in [0.1, 0.15) is 17.5 Å². The van der Waals surface area contributed by atoms with Crippen LogP contribution in [-0.2, 0) is 12.8 Å². The smallest absolute Gasteiger partial charge is 0.308 e. The van der Waals surface area contributed by atoms with E-state index in [0.29, 0.717) is 0 Å². The van der Waals surface area contributed by atoms with Gasteiger partial charge in [-0.2, -0.15) is 0 Å². The zero-order chi connectivity index (χ0) is 19.6. The van der Waals surface area contributed by atoms with E-state index in [4.69, 9.17) is 0 Å². The third-order valence-corrected chi connectivity index (χ3v) is 5.47. The van der Waals surface area contributed by atoms with Crippen molar-refractivity contribution in [1.29, 1.82) is 0 Å². The van der Waals surface area contributed by atoms with Gasteiger partial charge in [-0.05, 0) is 77.2 Å². The summed E-state index contributed by atoms with van der Waals surface area (Å²) < 4.78 is 0. The lowest BCUT2D eigenvalue weighted by Crippen LogP contribution is -2.19. The van der Waals surface area contributed by atoms with E-state index in [9.17, 15) is 4.79 Å². The van der Waals surface area contributed by atoms with Crippen molar-refractivity contribution in [3.8, 4) is 11.1 Å². The van der Waals surface area contributed by atoms with Crippen LogP contribution >= 0.6 is 0 Å². The summed E-state index contributed by atoms with van der Waals surface area (Å²) in [6, 6.07) is 22.0. The molecule has 4 heteroatoms. The van der Waals surface area contributed by atoms with Gasteiger partial charge in [-0.1, -0.05) is 36.4 Å². The Morgan fingerprint density at radius 3 is 2.59 bits per heavy atom. The third kappa shape index (κ3) is 3.57. The molecule has 2 amide bonds. The number of rotatable bonds is 3. The number of aromatic nitrogens is 1. The van der Waals surface area contributed by atoms with Crippen LogP contribution in [0.15, 0.2) is 79.1 Å². The molecule has 1 aromatic heterocycles. The van der Waals surface area contributed by atoms with Gasteiger partial charge in [0.05, 0.1) is 0 Å². The lowest BCUT2D eigenvalue weighted by Gasteiger charge is -2.11. The Morgan fingerprint density at radius 1 is 0.828 bits per heavy atom. The SMILES string of the molecule is O=C(Nc1cccc(-c2cccc3cnccc23)c1)Nc1ccc2c(c1)CCC2. The molecule has 0 fully saturated rings. The number of pyridine rings is 1. The van der Waals surface area contributed by atoms with E-state index in [-0.39, 0.29) is 6.03 Å². The minimum atomic E-state index is -0.234. The largest absolute Gasteiger partial charge is 0.323 e. The number of benzene rings is 3. The Balaban J connectivity index is 1.36. The highest BCUT2D eigenvalue weighted by atomic mass is 16.2. The molecule has 5 rings (SSSR count). The number of nitrogens with zero attached hydrogens (tertiary/aromatic N) is 1. The van der Waals surface area contributed by atoms with Crippen molar-refractivity contribution in [2.75, 3.05) is 10.6 Å². The average Bonchev–Trinajstić information content (AvgIpc) is 3.21. The van der Waals surface area contributed by atoms with Gasteiger partial charge in [0.15, 0.2) is 0 Å². The zero-order valence-corrected chi connectivity index (χ0v) is 16.0. The van der Waals surface area contributed by atoms with Gasteiger partial charge < -0.3 is 10.6 Å². The highest BCUT2D eigenvalue weighted by Crippen LogP contribution is 2.30. The summed E-state index contributed by atoms with van der Waals surface area (Å²) in [6.07, 6.45) is 7.10. The van der Waals surface area contributed by atoms with E-state index in [1.54, 1.807) is 6.20 Å². The zero-order valence-electron chi connectivity index (χ0n) is 16.0. The molecule has 0 saturated heterocycles. The molecule has 0 radical (unpaired) electrons. The van der Waals surface area contributed by atoms with Gasteiger partial charge in [0.25, 0.3) is 0 Å². The maximum Gasteiger partial charge on any atom is 0.323 e. The lowest BCUT2D eigenvalue weighted by atomic mass is 9.99. The van der Waals surface area contributed by atoms with E-state index in [2.05, 4.69) is 45.9 Å². The highest BCUT2D eigenvalue weighted by molar-refractivity contribution is 6.01. The van der Waals surface area contributed by atoms with Crippen molar-refractivity contribution in [3.63, 3.8) is 0 Å². The Bertz CT molecular complexity index is 1210. The molecule has 3 aromatic carbocycles. The molecule has 0 saturated carbocycles. The summed E-state index contributed by atoms with van der Waals surface area (Å²) in [5, 5.41) is 8.14. The normalized spacial score (nSPS) is 12.6. The van der Waals surface area contributed by atoms with Gasteiger partial charge in [-0.25, -0.2) is 4.79 Å². The molecular weight excluding hydrogens is 358 g/mol. The fourth-order valence-electron chi connectivity index (χ4n) is 4.08. The summed E-state index contributed by atoms with van der Waals surface area (Å²) in [6.45, 7) is 0. The minimum Gasteiger partial charge on any atom is -0.308 e. The Morgan fingerprint density at radius 2 is 1.66 bits per heavy atom. The first-order chi connectivity index (χ1) is 14.3. The van der Waals surface area contributed by atoms with Gasteiger partial charge in [-0.15, -0.1) is 0 Å². The molecule has 0 aliphatic heterocycles. The number of hydrogen-bond acceptors (Lipinski definition) is 2. The molecular formula is C25H21N3O. The number of carbonyl (C=O) groups is 1. The summed E-state index contributed by atoms with van der Waals surface area (Å²) >= 11 is 0. The second kappa shape index (κ2) is 7.40. The van der Waals surface area contributed by atoms with Gasteiger partial charge in [0.2, 0.25) is 0 Å². The molecule has 1 aliphatic rings. The number of carbonyl (C=O) groups excluding carboxylic acids is 1. The highest BCUT2D eigenvalue weighted by Gasteiger charge is 2.12. The number of hydrogen-bond donors (Lipinski definition) is 2. The van der Waals surface area contributed by atoms with Crippen LogP contribution in [0.25, 0.3) is 21.9 Å². The summed E-state index contributed by atoms with van der Waals surface area (Å²) in [4.78, 5) is 16.7. The monoisotopic (exact) mass is 379 g/mol. The van der Waals surface area contributed by atoms with Crippen LogP contribution in [0.2, 0.25) is 0 Å². The van der Waals surface area contributed by atoms with Crippen molar-refractivity contribution in [2.24, 2.45) is 0 Å². The summed E-state index contributed by atoms with van der Waals surface area (Å²) in [5.41, 5.74) is 6.50. The summed E-state index contributed by atoms with van der Waals surface area (Å²) in [7, 11) is 0. The number of fused-ring (bicyclic) bond motifs is 2. The maximum atomic E-state index is 12.5. The molecule has 142 valence electrons. The van der Waals surface area contributed by atoms with E-state index in [1.165, 1.54) is 17.5 Å². The van der Waals surface area contributed by atoms with Crippen LogP contribution in [0, 0.1) is 0 Å². The first-order valence-electron chi connectivity index (χ1n) is 9.89. The molecule has 29 heavy (non-hydrogen) atoms. The van der Waals surface area contributed by atoms with Crippen LogP contribution in [0.3, 0.4) is 0 Å². The Kier molecular flexibility index (Phi) is 4.45.